The number of carbonyl (C=O) groups is 1. The first-order chi connectivity index (χ1) is 12.1. The predicted octanol–water partition coefficient (Wildman–Crippen LogP) is 2.15. The van der Waals surface area contributed by atoms with E-state index in [-0.39, 0.29) is 17.8 Å². The highest BCUT2D eigenvalue weighted by molar-refractivity contribution is 6.30. The Labute approximate surface area is 146 Å². The van der Waals surface area contributed by atoms with Crippen LogP contribution in [0, 0.1) is 10.1 Å². The highest BCUT2D eigenvalue weighted by Crippen LogP contribution is 2.17. The van der Waals surface area contributed by atoms with Gasteiger partial charge in [0.25, 0.3) is 11.6 Å². The van der Waals surface area contributed by atoms with Gasteiger partial charge in [-0.2, -0.15) is 4.68 Å². The monoisotopic (exact) mass is 358 g/mol. The zero-order valence-electron chi connectivity index (χ0n) is 12.7. The van der Waals surface area contributed by atoms with Crippen molar-refractivity contribution in [3.05, 3.63) is 75.1 Å². The Morgan fingerprint density at radius 3 is 2.64 bits per heavy atom. The molecule has 0 aliphatic heterocycles. The molecule has 1 heterocycles. The summed E-state index contributed by atoms with van der Waals surface area (Å²) in [7, 11) is 0. The molecule has 25 heavy (non-hydrogen) atoms. The molecule has 0 unspecified atom stereocenters. The molecule has 10 heteroatoms. The highest BCUT2D eigenvalue weighted by Gasteiger charge is 2.19. The number of halogens is 1. The summed E-state index contributed by atoms with van der Waals surface area (Å²) in [6.07, 6.45) is 0. The van der Waals surface area contributed by atoms with E-state index < -0.39 is 10.8 Å². The fourth-order valence-electron chi connectivity index (χ4n) is 2.18. The summed E-state index contributed by atoms with van der Waals surface area (Å²) in [6.45, 7) is 0.000504. The highest BCUT2D eigenvalue weighted by atomic mass is 35.5. The summed E-state index contributed by atoms with van der Waals surface area (Å²) in [4.78, 5) is 22.6. The fourth-order valence-corrected chi connectivity index (χ4v) is 2.30. The third kappa shape index (κ3) is 3.61. The van der Waals surface area contributed by atoms with E-state index in [0.717, 1.165) is 0 Å². The molecule has 1 aromatic heterocycles. The average Bonchev–Trinajstić information content (AvgIpc) is 3.09. The van der Waals surface area contributed by atoms with Gasteiger partial charge in [-0.05, 0) is 40.8 Å². The van der Waals surface area contributed by atoms with E-state index in [2.05, 4.69) is 20.8 Å². The van der Waals surface area contributed by atoms with E-state index in [1.807, 2.05) is 0 Å². The lowest BCUT2D eigenvalue weighted by Gasteiger charge is -2.07. The number of nitrogens with one attached hydrogen (secondary N) is 1. The molecule has 0 radical (unpaired) electrons. The molecular formula is C15H11ClN6O3. The summed E-state index contributed by atoms with van der Waals surface area (Å²) in [5.74, 6) is -0.216. The first kappa shape index (κ1) is 16.5. The van der Waals surface area contributed by atoms with Crippen LogP contribution in [0.4, 0.5) is 5.69 Å². The van der Waals surface area contributed by atoms with Crippen molar-refractivity contribution >= 4 is 23.2 Å². The van der Waals surface area contributed by atoms with Gasteiger partial charge >= 0.3 is 0 Å². The molecule has 1 N–H and O–H groups in total. The van der Waals surface area contributed by atoms with Gasteiger partial charge in [-0.1, -0.05) is 23.7 Å². The summed E-state index contributed by atoms with van der Waals surface area (Å²) in [5, 5.41) is 25.5. The number of aromatic nitrogens is 4. The number of nitrogens with zero attached hydrogens (tertiary/aromatic N) is 5. The van der Waals surface area contributed by atoms with Crippen molar-refractivity contribution in [2.24, 2.45) is 0 Å². The number of tetrazole rings is 1. The second kappa shape index (κ2) is 7.05. The summed E-state index contributed by atoms with van der Waals surface area (Å²) < 4.78 is 1.44. The molecule has 3 aromatic rings. The third-order valence-corrected chi connectivity index (χ3v) is 3.61. The first-order valence-electron chi connectivity index (χ1n) is 7.11. The minimum Gasteiger partial charge on any atom is -0.344 e. The van der Waals surface area contributed by atoms with Gasteiger partial charge < -0.3 is 5.32 Å². The number of hydrogen-bond donors (Lipinski definition) is 1. The normalized spacial score (nSPS) is 10.4. The SMILES string of the molecule is O=C(NCc1nnnn1-c1ccc(Cl)cc1)c1ccccc1[N+](=O)[O-]. The number of carbonyl (C=O) groups excluding carboxylic acids is 1. The number of rotatable bonds is 5. The van der Waals surface area contributed by atoms with E-state index in [0.29, 0.717) is 16.5 Å². The van der Waals surface area contributed by atoms with Crippen LogP contribution >= 0.6 is 11.6 Å². The Kier molecular flexibility index (Phi) is 4.66. The van der Waals surface area contributed by atoms with Crippen molar-refractivity contribution in [1.29, 1.82) is 0 Å². The Hall–Kier alpha value is -3.33. The van der Waals surface area contributed by atoms with Crippen LogP contribution in [-0.2, 0) is 6.54 Å². The molecular weight excluding hydrogens is 348 g/mol. The number of para-hydroxylation sites is 1. The molecule has 126 valence electrons. The van der Waals surface area contributed by atoms with Gasteiger partial charge in [0.05, 0.1) is 17.2 Å². The molecule has 0 spiro atoms. The maximum absolute atomic E-state index is 12.2. The Morgan fingerprint density at radius 2 is 1.92 bits per heavy atom. The topological polar surface area (TPSA) is 116 Å². The number of amides is 1. The molecule has 3 rings (SSSR count). The van der Waals surface area contributed by atoms with Gasteiger partial charge in [-0.15, -0.1) is 5.10 Å². The Bertz CT molecular complexity index is 925. The van der Waals surface area contributed by atoms with Crippen LogP contribution in [0.25, 0.3) is 5.69 Å². The van der Waals surface area contributed by atoms with E-state index in [1.165, 1.54) is 22.9 Å². The van der Waals surface area contributed by atoms with Gasteiger partial charge in [0.15, 0.2) is 5.82 Å². The molecule has 0 saturated carbocycles. The number of nitro benzene ring substituents is 1. The van der Waals surface area contributed by atoms with Gasteiger partial charge in [0.1, 0.15) is 5.56 Å². The van der Waals surface area contributed by atoms with Gasteiger partial charge in [0.2, 0.25) is 0 Å². The summed E-state index contributed by atoms with van der Waals surface area (Å²) >= 11 is 5.85. The third-order valence-electron chi connectivity index (χ3n) is 3.36. The van der Waals surface area contributed by atoms with Crippen LogP contribution in [0.15, 0.2) is 48.5 Å². The quantitative estimate of drug-likeness (QED) is 0.551. The maximum atomic E-state index is 12.2. The number of benzene rings is 2. The van der Waals surface area contributed by atoms with Crippen LogP contribution in [0.1, 0.15) is 16.2 Å². The second-order valence-corrected chi connectivity index (χ2v) is 5.38. The maximum Gasteiger partial charge on any atom is 0.282 e. The van der Waals surface area contributed by atoms with Gasteiger partial charge in [-0.3, -0.25) is 14.9 Å². The molecule has 0 saturated heterocycles. The zero-order valence-corrected chi connectivity index (χ0v) is 13.4. The van der Waals surface area contributed by atoms with E-state index in [9.17, 15) is 14.9 Å². The van der Waals surface area contributed by atoms with Crippen molar-refractivity contribution < 1.29 is 9.72 Å². The number of nitro groups is 1. The fraction of sp³-hybridized carbons (Fsp3) is 0.0667. The zero-order chi connectivity index (χ0) is 17.8. The standard InChI is InChI=1S/C15H11ClN6O3/c16-10-5-7-11(8-6-10)21-14(18-19-20-21)9-17-15(23)12-3-1-2-4-13(12)22(24)25/h1-8H,9H2,(H,17,23). The lowest BCUT2D eigenvalue weighted by molar-refractivity contribution is -0.385. The molecule has 0 fully saturated rings. The van der Waals surface area contributed by atoms with Crippen molar-refractivity contribution in [2.45, 2.75) is 6.54 Å². The molecule has 1 amide bonds. The summed E-state index contributed by atoms with van der Waals surface area (Å²) in [5.41, 5.74) is 0.375. The second-order valence-electron chi connectivity index (χ2n) is 4.94. The molecule has 0 atom stereocenters. The first-order valence-corrected chi connectivity index (χ1v) is 7.49. The minimum absolute atomic E-state index is 0.000504. The molecule has 2 aromatic carbocycles. The average molecular weight is 359 g/mol. The van der Waals surface area contributed by atoms with Crippen molar-refractivity contribution in [2.75, 3.05) is 0 Å². The smallest absolute Gasteiger partial charge is 0.282 e. The van der Waals surface area contributed by atoms with Crippen molar-refractivity contribution in [1.82, 2.24) is 25.5 Å². The largest absolute Gasteiger partial charge is 0.344 e. The molecule has 0 bridgehead atoms. The minimum atomic E-state index is -0.604. The Balaban J connectivity index is 1.77. The lowest BCUT2D eigenvalue weighted by Crippen LogP contribution is -2.25. The molecule has 0 aliphatic rings. The van der Waals surface area contributed by atoms with Crippen LogP contribution in [-0.4, -0.2) is 31.0 Å². The molecule has 0 aliphatic carbocycles. The van der Waals surface area contributed by atoms with E-state index in [4.69, 9.17) is 11.6 Å². The lowest BCUT2D eigenvalue weighted by atomic mass is 10.1. The summed E-state index contributed by atoms with van der Waals surface area (Å²) in [6, 6.07) is 12.5. The van der Waals surface area contributed by atoms with Gasteiger partial charge in [-0.25, -0.2) is 0 Å². The predicted molar refractivity (Wildman–Crippen MR) is 88.4 cm³/mol. The van der Waals surface area contributed by atoms with Crippen molar-refractivity contribution in [3.63, 3.8) is 0 Å². The van der Waals surface area contributed by atoms with Crippen LogP contribution in [0.5, 0.6) is 0 Å². The molecule has 9 nitrogen and oxygen atoms in total. The van der Waals surface area contributed by atoms with Crippen LogP contribution in [0.3, 0.4) is 0 Å². The van der Waals surface area contributed by atoms with Crippen molar-refractivity contribution in [3.8, 4) is 5.69 Å². The van der Waals surface area contributed by atoms with E-state index >= 15 is 0 Å². The van der Waals surface area contributed by atoms with Crippen LogP contribution < -0.4 is 5.32 Å². The Morgan fingerprint density at radius 1 is 1.20 bits per heavy atom. The number of hydrogen-bond acceptors (Lipinski definition) is 6. The van der Waals surface area contributed by atoms with Crippen LogP contribution in [0.2, 0.25) is 5.02 Å². The van der Waals surface area contributed by atoms with Gasteiger partial charge in [0, 0.05) is 11.1 Å². The van der Waals surface area contributed by atoms with E-state index in [1.54, 1.807) is 30.3 Å².